The van der Waals surface area contributed by atoms with Gasteiger partial charge in [-0.2, -0.15) is 5.10 Å². The molecule has 2 aromatic carbocycles. The highest BCUT2D eigenvalue weighted by molar-refractivity contribution is 5.93. The number of aliphatic carboxylic acids is 1. The van der Waals surface area contributed by atoms with Crippen molar-refractivity contribution in [3.8, 4) is 11.3 Å². The molecule has 0 radical (unpaired) electrons. The zero-order valence-corrected chi connectivity index (χ0v) is 14.5. The van der Waals surface area contributed by atoms with Crippen molar-refractivity contribution in [3.63, 3.8) is 0 Å². The lowest BCUT2D eigenvalue weighted by Gasteiger charge is -2.11. The van der Waals surface area contributed by atoms with Crippen molar-refractivity contribution in [3.05, 3.63) is 53.8 Å². The molecule has 1 N–H and O–H groups in total. The van der Waals surface area contributed by atoms with Gasteiger partial charge in [0.05, 0.1) is 6.04 Å². The topological polar surface area (TPSA) is 55.1 Å². The maximum atomic E-state index is 14.6. The van der Waals surface area contributed by atoms with E-state index in [1.807, 2.05) is 35.0 Å². The summed E-state index contributed by atoms with van der Waals surface area (Å²) in [6.07, 6.45) is 5.02. The lowest BCUT2D eigenvalue weighted by atomic mass is 10.0. The highest BCUT2D eigenvalue weighted by Gasteiger charge is 2.23. The van der Waals surface area contributed by atoms with E-state index in [2.05, 4.69) is 0 Å². The molecule has 0 spiro atoms. The number of nitrogens with zero attached hydrogens (tertiary/aromatic N) is 2. The third kappa shape index (κ3) is 3.09. The van der Waals surface area contributed by atoms with Crippen LogP contribution in [0.25, 0.3) is 22.2 Å². The van der Waals surface area contributed by atoms with Crippen LogP contribution in [0.5, 0.6) is 0 Å². The Kier molecular flexibility index (Phi) is 4.45. The Labute approximate surface area is 151 Å². The number of carboxylic acid groups (broad SMARTS) is 1. The van der Waals surface area contributed by atoms with Gasteiger partial charge in [-0.05, 0) is 30.9 Å². The number of hydrogen-bond donors (Lipinski definition) is 1. The fraction of sp³-hybridized carbons (Fsp3) is 0.333. The Bertz CT molecular complexity index is 941. The van der Waals surface area contributed by atoms with Crippen molar-refractivity contribution in [2.75, 3.05) is 0 Å². The van der Waals surface area contributed by atoms with Crippen molar-refractivity contribution < 1.29 is 14.3 Å². The number of aryl methyl sites for hydroxylation is 1. The van der Waals surface area contributed by atoms with E-state index in [0.717, 1.165) is 47.9 Å². The summed E-state index contributed by atoms with van der Waals surface area (Å²) in [5.74, 6) is -1.03. The summed E-state index contributed by atoms with van der Waals surface area (Å²) in [5, 5.41) is 14.4. The molecule has 134 valence electrons. The maximum Gasteiger partial charge on any atom is 0.303 e. The second-order valence-corrected chi connectivity index (χ2v) is 6.96. The highest BCUT2D eigenvalue weighted by atomic mass is 19.1. The van der Waals surface area contributed by atoms with Crippen molar-refractivity contribution >= 4 is 16.9 Å². The molecule has 1 aliphatic rings. The monoisotopic (exact) mass is 352 g/mol. The van der Waals surface area contributed by atoms with Gasteiger partial charge in [0.2, 0.25) is 0 Å². The second kappa shape index (κ2) is 6.90. The lowest BCUT2D eigenvalue weighted by Crippen LogP contribution is -2.07. The number of halogens is 1. The van der Waals surface area contributed by atoms with Gasteiger partial charge in [-0.1, -0.05) is 49.2 Å². The third-order valence-corrected chi connectivity index (χ3v) is 5.20. The van der Waals surface area contributed by atoms with Crippen LogP contribution in [0.1, 0.15) is 43.7 Å². The Morgan fingerprint density at radius 1 is 1.15 bits per heavy atom. The minimum absolute atomic E-state index is 0.115. The second-order valence-electron chi connectivity index (χ2n) is 6.96. The predicted molar refractivity (Wildman–Crippen MR) is 98.6 cm³/mol. The van der Waals surface area contributed by atoms with Crippen LogP contribution in [0.2, 0.25) is 0 Å². The number of rotatable bonds is 5. The normalized spacial score (nSPS) is 15.0. The van der Waals surface area contributed by atoms with Gasteiger partial charge >= 0.3 is 5.97 Å². The maximum absolute atomic E-state index is 14.6. The smallest absolute Gasteiger partial charge is 0.303 e. The molecule has 1 saturated carbocycles. The molecule has 0 amide bonds. The molecular formula is C21H21FN2O2. The van der Waals surface area contributed by atoms with E-state index in [9.17, 15) is 9.18 Å². The molecule has 0 aliphatic heterocycles. The van der Waals surface area contributed by atoms with Gasteiger partial charge in [-0.15, -0.1) is 0 Å². The van der Waals surface area contributed by atoms with Crippen LogP contribution in [-0.4, -0.2) is 20.9 Å². The fourth-order valence-corrected chi connectivity index (χ4v) is 3.86. The van der Waals surface area contributed by atoms with Crippen LogP contribution in [0.3, 0.4) is 0 Å². The molecule has 5 heteroatoms. The molecule has 1 aliphatic carbocycles. The van der Waals surface area contributed by atoms with E-state index in [4.69, 9.17) is 10.2 Å². The zero-order valence-electron chi connectivity index (χ0n) is 14.5. The molecule has 4 rings (SSSR count). The number of aromatic nitrogens is 2. The van der Waals surface area contributed by atoms with Crippen molar-refractivity contribution in [1.82, 2.24) is 9.78 Å². The van der Waals surface area contributed by atoms with Crippen LogP contribution in [-0.2, 0) is 11.2 Å². The zero-order chi connectivity index (χ0) is 18.1. The van der Waals surface area contributed by atoms with Gasteiger partial charge in [0.25, 0.3) is 0 Å². The Hall–Kier alpha value is -2.69. The van der Waals surface area contributed by atoms with E-state index >= 15 is 0 Å². The van der Waals surface area contributed by atoms with Gasteiger partial charge in [-0.25, -0.2) is 4.39 Å². The van der Waals surface area contributed by atoms with Gasteiger partial charge in [-0.3, -0.25) is 9.48 Å². The first-order valence-corrected chi connectivity index (χ1v) is 9.11. The Balaban J connectivity index is 1.74. The number of benzene rings is 2. The van der Waals surface area contributed by atoms with Crippen molar-refractivity contribution in [2.24, 2.45) is 0 Å². The summed E-state index contributed by atoms with van der Waals surface area (Å²) in [5.41, 5.74) is 3.28. The molecule has 0 unspecified atom stereocenters. The van der Waals surface area contributed by atoms with Crippen LogP contribution in [0, 0.1) is 5.82 Å². The molecule has 1 heterocycles. The summed E-state index contributed by atoms with van der Waals surface area (Å²) in [6.45, 7) is 0. The molecule has 0 atom stereocenters. The van der Waals surface area contributed by atoms with Crippen LogP contribution in [0.15, 0.2) is 42.5 Å². The molecule has 26 heavy (non-hydrogen) atoms. The Morgan fingerprint density at radius 3 is 2.58 bits per heavy atom. The van der Waals surface area contributed by atoms with Crippen LogP contribution < -0.4 is 0 Å². The van der Waals surface area contributed by atoms with Crippen molar-refractivity contribution in [2.45, 2.75) is 44.6 Å². The Morgan fingerprint density at radius 2 is 1.88 bits per heavy atom. The van der Waals surface area contributed by atoms with Gasteiger partial charge in [0.1, 0.15) is 17.0 Å². The minimum Gasteiger partial charge on any atom is -0.481 e. The molecule has 1 aromatic heterocycles. The molecule has 1 fully saturated rings. The summed E-state index contributed by atoms with van der Waals surface area (Å²) in [4.78, 5) is 10.7. The van der Waals surface area contributed by atoms with Crippen molar-refractivity contribution in [1.29, 1.82) is 0 Å². The molecule has 0 saturated heterocycles. The van der Waals surface area contributed by atoms with E-state index in [0.29, 0.717) is 11.9 Å². The minimum atomic E-state index is -0.800. The summed E-state index contributed by atoms with van der Waals surface area (Å²) in [7, 11) is 0. The fourth-order valence-electron chi connectivity index (χ4n) is 3.86. The first-order chi connectivity index (χ1) is 12.6. The first-order valence-electron chi connectivity index (χ1n) is 9.11. The number of carboxylic acids is 1. The molecule has 0 bridgehead atoms. The van der Waals surface area contributed by atoms with Gasteiger partial charge in [0, 0.05) is 17.4 Å². The van der Waals surface area contributed by atoms with E-state index < -0.39 is 5.97 Å². The largest absolute Gasteiger partial charge is 0.481 e. The highest BCUT2D eigenvalue weighted by Crippen LogP contribution is 2.36. The number of fused-ring (bicyclic) bond motifs is 1. The first kappa shape index (κ1) is 16.8. The average Bonchev–Trinajstić information content (AvgIpc) is 3.28. The van der Waals surface area contributed by atoms with Gasteiger partial charge < -0.3 is 5.11 Å². The van der Waals surface area contributed by atoms with E-state index in [1.54, 1.807) is 6.07 Å². The molecule has 4 nitrogen and oxygen atoms in total. The van der Waals surface area contributed by atoms with E-state index in [-0.39, 0.29) is 18.3 Å². The summed E-state index contributed by atoms with van der Waals surface area (Å²) in [6, 6.07) is 13.2. The number of hydrogen-bond acceptors (Lipinski definition) is 2. The third-order valence-electron chi connectivity index (χ3n) is 5.20. The average molecular weight is 352 g/mol. The number of para-hydroxylation sites is 1. The summed E-state index contributed by atoms with van der Waals surface area (Å²) < 4.78 is 16.4. The molecule has 3 aromatic rings. The quantitative estimate of drug-likeness (QED) is 0.705. The SMILES string of the molecule is O=C(O)CCc1ccc(-c2nn(C3CCCC3)c3c(F)cccc23)cc1. The van der Waals surface area contributed by atoms with Gasteiger partial charge in [0.15, 0.2) is 0 Å². The van der Waals surface area contributed by atoms with Crippen LogP contribution in [0.4, 0.5) is 4.39 Å². The lowest BCUT2D eigenvalue weighted by molar-refractivity contribution is -0.136. The number of carbonyl (C=O) groups is 1. The van der Waals surface area contributed by atoms with Crippen LogP contribution >= 0.6 is 0 Å². The predicted octanol–water partition coefficient (Wildman–Crippen LogP) is 4.97. The molecular weight excluding hydrogens is 331 g/mol. The standard InChI is InChI=1S/C21H21FN2O2/c22-18-7-3-6-17-20(23-24(21(17)18)16-4-1-2-5-16)15-11-8-14(9-12-15)10-13-19(25)26/h3,6-9,11-12,16H,1-2,4-5,10,13H2,(H,25,26). The summed E-state index contributed by atoms with van der Waals surface area (Å²) >= 11 is 0. The van der Waals surface area contributed by atoms with E-state index in [1.165, 1.54) is 6.07 Å².